The first-order valence-corrected chi connectivity index (χ1v) is 19.8. The summed E-state index contributed by atoms with van der Waals surface area (Å²) < 4.78 is 38.9. The SMILES string of the molecule is CC(C)C(C)(C)[Si](C)(C)O[C@H]1O[C@@H](C)[C@@H](O[C@@H]2OC(COCc3ccccc3)[C@@H](C)[C@H](C)C2OCc2ccccc2)[C@H](O)C1N=[N+]=[N-]. The summed E-state index contributed by atoms with van der Waals surface area (Å²) in [4.78, 5) is 3.06. The van der Waals surface area contributed by atoms with Gasteiger partial charge in [0.05, 0.1) is 38.1 Å². The van der Waals surface area contributed by atoms with Crippen LogP contribution in [-0.2, 0) is 41.3 Å². The van der Waals surface area contributed by atoms with Gasteiger partial charge in [-0.05, 0) is 59.5 Å². The Labute approximate surface area is 281 Å². The molecule has 0 bridgehead atoms. The summed E-state index contributed by atoms with van der Waals surface area (Å²) in [5.41, 5.74) is 11.6. The number of hydrogen-bond donors (Lipinski definition) is 1. The first-order chi connectivity index (χ1) is 22.3. The maximum atomic E-state index is 11.7. The van der Waals surface area contributed by atoms with Crippen molar-refractivity contribution in [2.75, 3.05) is 6.61 Å². The number of nitrogens with zero attached hydrogens (tertiary/aromatic N) is 3. The predicted octanol–water partition coefficient (Wildman–Crippen LogP) is 7.61. The maximum absolute atomic E-state index is 11.7. The van der Waals surface area contributed by atoms with E-state index in [4.69, 9.17) is 28.1 Å². The summed E-state index contributed by atoms with van der Waals surface area (Å²) >= 11 is 0. The fraction of sp³-hybridized carbons (Fsp3) is 0.667. The predicted molar refractivity (Wildman–Crippen MR) is 184 cm³/mol. The molecule has 4 rings (SSSR count). The van der Waals surface area contributed by atoms with E-state index in [-0.39, 0.29) is 23.0 Å². The second kappa shape index (κ2) is 16.4. The molecule has 2 saturated heterocycles. The highest BCUT2D eigenvalue weighted by molar-refractivity contribution is 6.74. The van der Waals surface area contributed by atoms with Gasteiger partial charge in [0.25, 0.3) is 0 Å². The summed E-state index contributed by atoms with van der Waals surface area (Å²) in [5, 5.41) is 15.6. The second-order valence-electron chi connectivity index (χ2n) is 14.5. The average molecular weight is 670 g/mol. The molecule has 10 atom stereocenters. The van der Waals surface area contributed by atoms with Crippen LogP contribution in [0.25, 0.3) is 10.4 Å². The Kier molecular flexibility index (Phi) is 13.1. The van der Waals surface area contributed by atoms with E-state index in [1.165, 1.54) is 0 Å². The normalized spacial score (nSPS) is 31.8. The Balaban J connectivity index is 1.54. The summed E-state index contributed by atoms with van der Waals surface area (Å²) in [6.07, 6.45) is -5.13. The summed E-state index contributed by atoms with van der Waals surface area (Å²) in [7, 11) is -2.41. The molecule has 47 heavy (non-hydrogen) atoms. The lowest BCUT2D eigenvalue weighted by Gasteiger charge is -2.50. The van der Waals surface area contributed by atoms with Crippen molar-refractivity contribution in [3.05, 3.63) is 82.2 Å². The number of aliphatic hydroxyl groups excluding tert-OH is 1. The maximum Gasteiger partial charge on any atom is 0.196 e. The van der Waals surface area contributed by atoms with Gasteiger partial charge in [-0.3, -0.25) is 0 Å². The van der Waals surface area contributed by atoms with Crippen molar-refractivity contribution in [2.45, 2.75) is 129 Å². The third kappa shape index (κ3) is 9.03. The van der Waals surface area contributed by atoms with E-state index in [0.717, 1.165) is 11.1 Å². The second-order valence-corrected chi connectivity index (χ2v) is 19.1. The van der Waals surface area contributed by atoms with Gasteiger partial charge in [-0.15, -0.1) is 0 Å². The van der Waals surface area contributed by atoms with E-state index in [1.54, 1.807) is 0 Å². The highest BCUT2D eigenvalue weighted by Gasteiger charge is 2.52. The highest BCUT2D eigenvalue weighted by Crippen LogP contribution is 2.46. The van der Waals surface area contributed by atoms with Gasteiger partial charge in [0, 0.05) is 4.91 Å². The standard InChI is InChI=1S/C36H55N3O7Si/c1-23(2)36(6,7)47(8,9)46-34-30(38-39-37)31(40)33(26(5)43-34)45-35-32(42-21-28-18-14-11-15-19-28)25(4)24(3)29(44-35)22-41-20-27-16-12-10-13-17-27/h10-19,23-26,29-35,40H,20-22H2,1-9H3/t24-,25-,26-,29?,30?,31+,32?,33+,34+,35-/m0/s1. The molecule has 2 fully saturated rings. The quantitative estimate of drug-likeness (QED) is 0.0950. The molecule has 1 N–H and O–H groups in total. The fourth-order valence-corrected chi connectivity index (χ4v) is 8.66. The van der Waals surface area contributed by atoms with Crippen LogP contribution in [0.15, 0.2) is 65.8 Å². The Morgan fingerprint density at radius 3 is 2.06 bits per heavy atom. The minimum atomic E-state index is -2.41. The molecule has 0 spiro atoms. The van der Waals surface area contributed by atoms with Gasteiger partial charge < -0.3 is 33.2 Å². The molecule has 0 amide bonds. The molecule has 10 nitrogen and oxygen atoms in total. The summed E-state index contributed by atoms with van der Waals surface area (Å²) in [6, 6.07) is 19.0. The van der Waals surface area contributed by atoms with E-state index >= 15 is 0 Å². The molecule has 2 aliphatic rings. The minimum absolute atomic E-state index is 0.0359. The summed E-state index contributed by atoms with van der Waals surface area (Å²) in [5.74, 6) is 0.491. The van der Waals surface area contributed by atoms with E-state index in [9.17, 15) is 10.6 Å². The molecule has 260 valence electrons. The van der Waals surface area contributed by atoms with Crippen LogP contribution in [0.1, 0.15) is 59.6 Å². The van der Waals surface area contributed by atoms with Crippen molar-refractivity contribution >= 4 is 8.32 Å². The number of benzene rings is 2. The van der Waals surface area contributed by atoms with Crippen LogP contribution in [0.2, 0.25) is 18.1 Å². The first-order valence-electron chi connectivity index (χ1n) is 16.9. The molecule has 3 unspecified atom stereocenters. The van der Waals surface area contributed by atoms with Gasteiger partial charge >= 0.3 is 0 Å². The molecule has 2 heterocycles. The van der Waals surface area contributed by atoms with E-state index in [2.05, 4.69) is 64.7 Å². The number of ether oxygens (including phenoxy) is 5. The van der Waals surface area contributed by atoms with Crippen molar-refractivity contribution in [3.63, 3.8) is 0 Å². The third-order valence-electron chi connectivity index (χ3n) is 10.8. The van der Waals surface area contributed by atoms with E-state index < -0.39 is 51.4 Å². The Morgan fingerprint density at radius 2 is 1.49 bits per heavy atom. The van der Waals surface area contributed by atoms with Crippen LogP contribution in [0.3, 0.4) is 0 Å². The molecule has 0 saturated carbocycles. The number of rotatable bonds is 14. The molecule has 2 aliphatic heterocycles. The van der Waals surface area contributed by atoms with Crippen molar-refractivity contribution < 1.29 is 33.2 Å². The van der Waals surface area contributed by atoms with Gasteiger partial charge in [-0.25, -0.2) is 0 Å². The average Bonchev–Trinajstić information content (AvgIpc) is 3.03. The van der Waals surface area contributed by atoms with Crippen LogP contribution in [-0.4, -0.2) is 69.2 Å². The van der Waals surface area contributed by atoms with Crippen LogP contribution < -0.4 is 0 Å². The molecule has 0 aliphatic carbocycles. The lowest BCUT2D eigenvalue weighted by molar-refractivity contribution is -0.334. The Bertz CT molecular complexity index is 1290. The first kappa shape index (κ1) is 37.5. The van der Waals surface area contributed by atoms with E-state index in [1.807, 2.05) is 67.6 Å². The summed E-state index contributed by atoms with van der Waals surface area (Å²) in [6.45, 7) is 20.3. The lowest BCUT2D eigenvalue weighted by Crippen LogP contribution is -2.63. The topological polar surface area (TPSA) is 124 Å². The minimum Gasteiger partial charge on any atom is -0.392 e. The van der Waals surface area contributed by atoms with E-state index in [0.29, 0.717) is 25.7 Å². The molecule has 0 radical (unpaired) electrons. The zero-order chi connectivity index (χ0) is 34.4. The molecule has 2 aromatic carbocycles. The molecule has 2 aromatic rings. The number of aliphatic hydroxyl groups is 1. The van der Waals surface area contributed by atoms with Crippen LogP contribution in [0.4, 0.5) is 0 Å². The smallest absolute Gasteiger partial charge is 0.196 e. The zero-order valence-corrected chi connectivity index (χ0v) is 30.5. The van der Waals surface area contributed by atoms with Crippen molar-refractivity contribution in [2.24, 2.45) is 22.9 Å². The third-order valence-corrected chi connectivity index (χ3v) is 15.4. The van der Waals surface area contributed by atoms with Gasteiger partial charge in [-0.2, -0.15) is 0 Å². The fourth-order valence-electron chi connectivity index (χ4n) is 6.19. The van der Waals surface area contributed by atoms with Gasteiger partial charge in [0.2, 0.25) is 0 Å². The highest BCUT2D eigenvalue weighted by atomic mass is 28.4. The Hall–Kier alpha value is -2.31. The van der Waals surface area contributed by atoms with Crippen molar-refractivity contribution in [1.29, 1.82) is 0 Å². The largest absolute Gasteiger partial charge is 0.392 e. The Morgan fingerprint density at radius 1 is 0.894 bits per heavy atom. The van der Waals surface area contributed by atoms with Gasteiger partial charge in [0.1, 0.15) is 18.2 Å². The molecular weight excluding hydrogens is 614 g/mol. The zero-order valence-electron chi connectivity index (χ0n) is 29.5. The van der Waals surface area contributed by atoms with Crippen molar-refractivity contribution in [3.8, 4) is 0 Å². The van der Waals surface area contributed by atoms with Crippen LogP contribution >= 0.6 is 0 Å². The van der Waals surface area contributed by atoms with Crippen LogP contribution in [0, 0.1) is 17.8 Å². The molecule has 0 aromatic heterocycles. The number of hydrogen-bond acceptors (Lipinski definition) is 8. The van der Waals surface area contributed by atoms with Crippen LogP contribution in [0.5, 0.6) is 0 Å². The number of azide groups is 1. The van der Waals surface area contributed by atoms with Gasteiger partial charge in [0.15, 0.2) is 20.9 Å². The molecule has 11 heteroatoms. The van der Waals surface area contributed by atoms with Gasteiger partial charge in [-0.1, -0.05) is 107 Å². The lowest BCUT2D eigenvalue weighted by atomic mass is 9.83. The monoisotopic (exact) mass is 669 g/mol. The van der Waals surface area contributed by atoms with Crippen molar-refractivity contribution in [1.82, 2.24) is 0 Å². The molecular formula is C36H55N3O7Si.